The molecule has 0 unspecified atom stereocenters. The van der Waals surface area contributed by atoms with Crippen LogP contribution in [-0.2, 0) is 0 Å². The minimum atomic E-state index is 0.759. The highest BCUT2D eigenvalue weighted by Crippen LogP contribution is 2.33. The average Bonchev–Trinajstić information content (AvgIpc) is 2.53. The molecule has 2 aromatic heterocycles. The summed E-state index contributed by atoms with van der Waals surface area (Å²) in [5, 5.41) is 1.00. The molecule has 1 aromatic carbocycles. The van der Waals surface area contributed by atoms with E-state index >= 15 is 0 Å². The van der Waals surface area contributed by atoms with Gasteiger partial charge in [0.15, 0.2) is 0 Å². The Balaban J connectivity index is 2.14. The summed E-state index contributed by atoms with van der Waals surface area (Å²) in [6, 6.07) is 9.69. The number of benzene rings is 1. The number of fused-ring (bicyclic) bond motifs is 1. The number of methoxy groups -OCH3 is 2. The fourth-order valence-corrected chi connectivity index (χ4v) is 2.16. The van der Waals surface area contributed by atoms with Gasteiger partial charge in [0, 0.05) is 41.2 Å². The summed E-state index contributed by atoms with van der Waals surface area (Å²) >= 11 is 0. The van der Waals surface area contributed by atoms with E-state index in [1.165, 1.54) is 0 Å². The van der Waals surface area contributed by atoms with Gasteiger partial charge in [0.2, 0.25) is 0 Å². The summed E-state index contributed by atoms with van der Waals surface area (Å²) in [5.41, 5.74) is 2.90. The van der Waals surface area contributed by atoms with Gasteiger partial charge in [0.05, 0.1) is 19.7 Å². The Labute approximate surface area is 117 Å². The molecule has 0 atom stereocenters. The largest absolute Gasteiger partial charge is 0.497 e. The van der Waals surface area contributed by atoms with Crippen molar-refractivity contribution in [2.45, 2.75) is 0 Å². The Bertz CT molecular complexity index is 756. The van der Waals surface area contributed by atoms with Crippen molar-refractivity contribution in [3.05, 3.63) is 48.9 Å². The number of hydrogen-bond donors (Lipinski definition) is 0. The van der Waals surface area contributed by atoms with Gasteiger partial charge in [-0.05, 0) is 24.3 Å². The molecule has 0 saturated heterocycles. The summed E-state index contributed by atoms with van der Waals surface area (Å²) in [4.78, 5) is 8.58. The summed E-state index contributed by atoms with van der Waals surface area (Å²) in [7, 11) is 3.28. The summed E-state index contributed by atoms with van der Waals surface area (Å²) in [6.07, 6.45) is 5.39. The molecule has 4 heteroatoms. The third-order valence-electron chi connectivity index (χ3n) is 3.20. The Morgan fingerprint density at radius 2 is 1.85 bits per heavy atom. The first kappa shape index (κ1) is 12.4. The van der Waals surface area contributed by atoms with Crippen LogP contribution in [0.2, 0.25) is 0 Å². The molecule has 20 heavy (non-hydrogen) atoms. The third-order valence-corrected chi connectivity index (χ3v) is 3.20. The predicted octanol–water partition coefficient (Wildman–Crippen LogP) is 3.31. The fraction of sp³-hybridized carbons (Fsp3) is 0.125. The molecule has 3 rings (SSSR count). The second kappa shape index (κ2) is 5.17. The zero-order valence-corrected chi connectivity index (χ0v) is 11.3. The average molecular weight is 266 g/mol. The number of nitrogens with zero attached hydrogens (tertiary/aromatic N) is 2. The van der Waals surface area contributed by atoms with Gasteiger partial charge in [-0.3, -0.25) is 9.97 Å². The Kier molecular flexibility index (Phi) is 3.21. The van der Waals surface area contributed by atoms with Crippen LogP contribution in [0.3, 0.4) is 0 Å². The number of ether oxygens (including phenoxy) is 2. The van der Waals surface area contributed by atoms with Gasteiger partial charge in [0.25, 0.3) is 0 Å². The Morgan fingerprint density at radius 1 is 0.950 bits per heavy atom. The van der Waals surface area contributed by atoms with Gasteiger partial charge in [-0.1, -0.05) is 0 Å². The van der Waals surface area contributed by atoms with Crippen molar-refractivity contribution in [2.24, 2.45) is 0 Å². The normalized spacial score (nSPS) is 10.5. The lowest BCUT2D eigenvalue weighted by Gasteiger charge is -2.10. The fourth-order valence-electron chi connectivity index (χ4n) is 2.16. The van der Waals surface area contributed by atoms with Crippen molar-refractivity contribution in [2.75, 3.05) is 14.2 Å². The van der Waals surface area contributed by atoms with Crippen LogP contribution < -0.4 is 9.47 Å². The standard InChI is InChI=1S/C16H14N2O2/c1-19-13-3-4-14(16(8-13)20-2)11-7-12-9-17-6-5-15(12)18-10-11/h3-10H,1-2H3. The Hall–Kier alpha value is -2.62. The molecule has 0 aliphatic heterocycles. The smallest absolute Gasteiger partial charge is 0.130 e. The maximum absolute atomic E-state index is 5.43. The van der Waals surface area contributed by atoms with E-state index in [4.69, 9.17) is 9.47 Å². The van der Waals surface area contributed by atoms with Gasteiger partial charge in [-0.15, -0.1) is 0 Å². The number of aromatic nitrogens is 2. The van der Waals surface area contributed by atoms with Crippen LogP contribution in [0.4, 0.5) is 0 Å². The highest BCUT2D eigenvalue weighted by Gasteiger charge is 2.08. The maximum atomic E-state index is 5.43. The number of hydrogen-bond acceptors (Lipinski definition) is 4. The van der Waals surface area contributed by atoms with Crippen LogP contribution in [0.15, 0.2) is 48.9 Å². The zero-order valence-electron chi connectivity index (χ0n) is 11.3. The maximum Gasteiger partial charge on any atom is 0.130 e. The van der Waals surface area contributed by atoms with E-state index in [1.54, 1.807) is 20.4 Å². The number of rotatable bonds is 3. The Morgan fingerprint density at radius 3 is 2.65 bits per heavy atom. The van der Waals surface area contributed by atoms with E-state index in [0.717, 1.165) is 33.5 Å². The first-order valence-corrected chi connectivity index (χ1v) is 6.24. The van der Waals surface area contributed by atoms with Crippen molar-refractivity contribution < 1.29 is 9.47 Å². The first-order chi connectivity index (χ1) is 9.81. The molecule has 0 fully saturated rings. The van der Waals surface area contributed by atoms with Crippen LogP contribution in [0.1, 0.15) is 0 Å². The summed E-state index contributed by atoms with van der Waals surface area (Å²) in [5.74, 6) is 1.52. The lowest BCUT2D eigenvalue weighted by atomic mass is 10.0. The highest BCUT2D eigenvalue weighted by atomic mass is 16.5. The van der Waals surface area contributed by atoms with E-state index in [2.05, 4.69) is 16.0 Å². The predicted molar refractivity (Wildman–Crippen MR) is 78.1 cm³/mol. The van der Waals surface area contributed by atoms with Crippen LogP contribution in [-0.4, -0.2) is 24.2 Å². The van der Waals surface area contributed by atoms with Gasteiger partial charge in [-0.25, -0.2) is 0 Å². The molecule has 2 heterocycles. The van der Waals surface area contributed by atoms with Gasteiger partial charge in [-0.2, -0.15) is 0 Å². The highest BCUT2D eigenvalue weighted by molar-refractivity contribution is 5.84. The molecule has 0 saturated carbocycles. The third kappa shape index (κ3) is 2.16. The zero-order chi connectivity index (χ0) is 13.9. The van der Waals surface area contributed by atoms with Crippen LogP contribution in [0.5, 0.6) is 11.5 Å². The van der Waals surface area contributed by atoms with Crippen molar-refractivity contribution >= 4 is 10.9 Å². The van der Waals surface area contributed by atoms with Crippen molar-refractivity contribution in [1.82, 2.24) is 9.97 Å². The van der Waals surface area contributed by atoms with E-state index in [-0.39, 0.29) is 0 Å². The van der Waals surface area contributed by atoms with Crippen LogP contribution in [0.25, 0.3) is 22.0 Å². The first-order valence-electron chi connectivity index (χ1n) is 6.24. The molecule has 0 radical (unpaired) electrons. The molecule has 0 aliphatic carbocycles. The molecule has 0 N–H and O–H groups in total. The topological polar surface area (TPSA) is 44.2 Å². The van der Waals surface area contributed by atoms with Crippen molar-refractivity contribution in [1.29, 1.82) is 0 Å². The lowest BCUT2D eigenvalue weighted by Crippen LogP contribution is -1.91. The summed E-state index contributed by atoms with van der Waals surface area (Å²) in [6.45, 7) is 0. The SMILES string of the molecule is COc1ccc(-c2cnc3ccncc3c2)c(OC)c1. The van der Waals surface area contributed by atoms with Gasteiger partial charge >= 0.3 is 0 Å². The molecule has 0 amide bonds. The summed E-state index contributed by atoms with van der Waals surface area (Å²) < 4.78 is 10.6. The molecule has 0 aliphatic rings. The van der Waals surface area contributed by atoms with Gasteiger partial charge in [0.1, 0.15) is 11.5 Å². The second-order valence-corrected chi connectivity index (χ2v) is 4.36. The van der Waals surface area contributed by atoms with E-state index in [9.17, 15) is 0 Å². The molecule has 0 bridgehead atoms. The van der Waals surface area contributed by atoms with Crippen molar-refractivity contribution in [3.8, 4) is 22.6 Å². The van der Waals surface area contributed by atoms with Crippen LogP contribution in [0, 0.1) is 0 Å². The van der Waals surface area contributed by atoms with Crippen molar-refractivity contribution in [3.63, 3.8) is 0 Å². The molecular formula is C16H14N2O2. The lowest BCUT2D eigenvalue weighted by molar-refractivity contribution is 0.395. The molecule has 3 aromatic rings. The monoisotopic (exact) mass is 266 g/mol. The quantitative estimate of drug-likeness (QED) is 0.729. The minimum absolute atomic E-state index is 0.759. The van der Waals surface area contributed by atoms with E-state index in [1.807, 2.05) is 36.7 Å². The van der Waals surface area contributed by atoms with E-state index in [0.29, 0.717) is 0 Å². The number of pyridine rings is 2. The molecule has 4 nitrogen and oxygen atoms in total. The molecule has 0 spiro atoms. The van der Waals surface area contributed by atoms with E-state index < -0.39 is 0 Å². The van der Waals surface area contributed by atoms with Crippen LogP contribution >= 0.6 is 0 Å². The molecular weight excluding hydrogens is 252 g/mol. The molecule has 100 valence electrons. The second-order valence-electron chi connectivity index (χ2n) is 4.36. The van der Waals surface area contributed by atoms with Gasteiger partial charge < -0.3 is 9.47 Å². The minimum Gasteiger partial charge on any atom is -0.497 e.